The Kier molecular flexibility index (Phi) is 6.26. The molecule has 0 radical (unpaired) electrons. The van der Waals surface area contributed by atoms with Crippen LogP contribution < -0.4 is 10.4 Å². The molecule has 0 spiro atoms. The van der Waals surface area contributed by atoms with Crippen LogP contribution >= 0.6 is 0 Å². The molecule has 0 aromatic heterocycles. The van der Waals surface area contributed by atoms with Gasteiger partial charge in [0.15, 0.2) is 0 Å². The lowest BCUT2D eigenvalue weighted by Gasteiger charge is -2.29. The fourth-order valence-corrected chi connectivity index (χ4v) is 3.01. The summed E-state index contributed by atoms with van der Waals surface area (Å²) in [4.78, 5) is 24.9. The summed E-state index contributed by atoms with van der Waals surface area (Å²) in [5.74, 6) is -1.04. The Labute approximate surface area is 148 Å². The molecular weight excluding hydrogens is 325 g/mol. The molecule has 0 bridgehead atoms. The number of aliphatic carboxylic acids is 1. The normalized spacial score (nSPS) is 11.2. The Morgan fingerprint density at radius 3 is 2.00 bits per heavy atom. The Balaban J connectivity index is 3.60. The summed E-state index contributed by atoms with van der Waals surface area (Å²) in [5.41, 5.74) is 1.95. The summed E-state index contributed by atoms with van der Waals surface area (Å²) in [6, 6.07) is 0. The Morgan fingerprint density at radius 1 is 1.08 bits per heavy atom. The van der Waals surface area contributed by atoms with Crippen molar-refractivity contribution in [2.75, 3.05) is 11.9 Å². The van der Waals surface area contributed by atoms with Gasteiger partial charge in [0.1, 0.15) is 5.60 Å². The number of carbonyl (C=O) groups is 2. The highest BCUT2D eigenvalue weighted by atomic mass is 16.6. The number of rotatable bonds is 4. The van der Waals surface area contributed by atoms with Crippen molar-refractivity contribution in [2.24, 2.45) is 0 Å². The third-order valence-electron chi connectivity index (χ3n) is 4.01. The predicted molar refractivity (Wildman–Crippen MR) is 96.5 cm³/mol. The standard InChI is InChI=1S/C17H26BNO6/c1-9-12(8-13(20)21)10(2)15(11(3)14(9)18(23)24)19(7)16(22)25-17(4,5)6/h23-24H,8H2,1-7H3,(H,20,21). The zero-order valence-corrected chi connectivity index (χ0v) is 15.8. The van der Waals surface area contributed by atoms with Crippen LogP contribution in [0.3, 0.4) is 0 Å². The van der Waals surface area contributed by atoms with Crippen molar-refractivity contribution >= 4 is 30.3 Å². The van der Waals surface area contributed by atoms with Crippen LogP contribution in [-0.4, -0.2) is 47.0 Å². The molecule has 1 aromatic rings. The van der Waals surface area contributed by atoms with Crippen LogP contribution in [0.15, 0.2) is 0 Å². The van der Waals surface area contributed by atoms with Crippen LogP contribution in [0.4, 0.5) is 10.5 Å². The topological polar surface area (TPSA) is 107 Å². The highest BCUT2D eigenvalue weighted by Gasteiger charge is 2.29. The van der Waals surface area contributed by atoms with Gasteiger partial charge in [0.2, 0.25) is 0 Å². The third-order valence-corrected chi connectivity index (χ3v) is 4.01. The van der Waals surface area contributed by atoms with Crippen molar-refractivity contribution in [3.63, 3.8) is 0 Å². The van der Waals surface area contributed by atoms with E-state index in [2.05, 4.69) is 0 Å². The highest BCUT2D eigenvalue weighted by molar-refractivity contribution is 6.60. The monoisotopic (exact) mass is 351 g/mol. The number of carboxylic acids is 1. The molecule has 7 nitrogen and oxygen atoms in total. The van der Waals surface area contributed by atoms with E-state index in [0.29, 0.717) is 27.9 Å². The number of ether oxygens (including phenoxy) is 1. The van der Waals surface area contributed by atoms with E-state index in [4.69, 9.17) is 4.74 Å². The van der Waals surface area contributed by atoms with E-state index in [-0.39, 0.29) is 11.9 Å². The highest BCUT2D eigenvalue weighted by Crippen LogP contribution is 2.30. The molecule has 0 aliphatic heterocycles. The van der Waals surface area contributed by atoms with Gasteiger partial charge in [0.25, 0.3) is 0 Å². The first-order valence-electron chi connectivity index (χ1n) is 7.95. The number of amides is 1. The first kappa shape index (κ1) is 21.0. The van der Waals surface area contributed by atoms with Crippen LogP contribution in [0.2, 0.25) is 0 Å². The Bertz CT molecular complexity index is 694. The quantitative estimate of drug-likeness (QED) is 0.706. The average Bonchev–Trinajstić information content (AvgIpc) is 2.40. The first-order chi connectivity index (χ1) is 11.3. The van der Waals surface area contributed by atoms with Gasteiger partial charge in [-0.3, -0.25) is 9.69 Å². The minimum absolute atomic E-state index is 0.201. The molecule has 0 fully saturated rings. The lowest BCUT2D eigenvalue weighted by atomic mass is 9.71. The molecule has 1 aromatic carbocycles. The second-order valence-corrected chi connectivity index (χ2v) is 7.10. The van der Waals surface area contributed by atoms with E-state index < -0.39 is 24.8 Å². The smallest absolute Gasteiger partial charge is 0.481 e. The molecule has 0 atom stereocenters. The average molecular weight is 351 g/mol. The number of nitrogens with zero attached hydrogens (tertiary/aromatic N) is 1. The van der Waals surface area contributed by atoms with Gasteiger partial charge < -0.3 is 19.9 Å². The third kappa shape index (κ3) is 4.73. The summed E-state index contributed by atoms with van der Waals surface area (Å²) in [7, 11) is -0.268. The van der Waals surface area contributed by atoms with E-state index in [0.717, 1.165) is 0 Å². The maximum atomic E-state index is 12.4. The van der Waals surface area contributed by atoms with Crippen LogP contribution in [0.25, 0.3) is 0 Å². The van der Waals surface area contributed by atoms with Crippen molar-refractivity contribution in [1.29, 1.82) is 0 Å². The second kappa shape index (κ2) is 7.45. The molecule has 0 saturated heterocycles. The van der Waals surface area contributed by atoms with Gasteiger partial charge in [-0.2, -0.15) is 0 Å². The van der Waals surface area contributed by atoms with Crippen LogP contribution in [0, 0.1) is 20.8 Å². The van der Waals surface area contributed by atoms with Gasteiger partial charge in [0, 0.05) is 7.05 Å². The number of anilines is 1. The largest absolute Gasteiger partial charge is 0.489 e. The summed E-state index contributed by atoms with van der Waals surface area (Å²) in [6.07, 6.45) is -0.894. The molecule has 0 aliphatic carbocycles. The minimum atomic E-state index is -1.78. The van der Waals surface area contributed by atoms with Gasteiger partial charge in [-0.1, -0.05) is 0 Å². The van der Waals surface area contributed by atoms with Crippen molar-refractivity contribution in [1.82, 2.24) is 0 Å². The molecule has 8 heteroatoms. The predicted octanol–water partition coefficient (Wildman–Crippen LogP) is 1.29. The maximum Gasteiger partial charge on any atom is 0.489 e. The lowest BCUT2D eigenvalue weighted by Crippen LogP contribution is -2.40. The Hall–Kier alpha value is -2.06. The number of carboxylic acid groups (broad SMARTS) is 1. The van der Waals surface area contributed by atoms with E-state index in [1.54, 1.807) is 41.5 Å². The summed E-state index contributed by atoms with van der Waals surface area (Å²) < 4.78 is 5.36. The first-order valence-corrected chi connectivity index (χ1v) is 7.95. The minimum Gasteiger partial charge on any atom is -0.481 e. The van der Waals surface area contributed by atoms with Crippen LogP contribution in [0.5, 0.6) is 0 Å². The van der Waals surface area contributed by atoms with Crippen LogP contribution in [-0.2, 0) is 16.0 Å². The SMILES string of the molecule is Cc1c(CC(=O)O)c(C)c(N(C)C(=O)OC(C)(C)C)c(C)c1B(O)O. The summed E-state index contributed by atoms with van der Waals surface area (Å²) in [6.45, 7) is 10.2. The zero-order chi connectivity index (χ0) is 19.7. The van der Waals surface area contributed by atoms with Crippen molar-refractivity contribution in [3.8, 4) is 0 Å². The molecule has 1 rings (SSSR count). The van der Waals surface area contributed by atoms with E-state index >= 15 is 0 Å². The van der Waals surface area contributed by atoms with Gasteiger partial charge in [-0.15, -0.1) is 0 Å². The molecule has 3 N–H and O–H groups in total. The molecule has 0 aliphatic rings. The molecule has 25 heavy (non-hydrogen) atoms. The van der Waals surface area contributed by atoms with Gasteiger partial charge >= 0.3 is 19.2 Å². The van der Waals surface area contributed by atoms with Gasteiger partial charge in [0.05, 0.1) is 12.1 Å². The molecule has 0 heterocycles. The van der Waals surface area contributed by atoms with Crippen molar-refractivity contribution in [2.45, 2.75) is 53.6 Å². The lowest BCUT2D eigenvalue weighted by molar-refractivity contribution is -0.136. The van der Waals surface area contributed by atoms with E-state index in [9.17, 15) is 24.7 Å². The summed E-state index contributed by atoms with van der Waals surface area (Å²) >= 11 is 0. The second-order valence-electron chi connectivity index (χ2n) is 7.10. The number of benzene rings is 1. The summed E-state index contributed by atoms with van der Waals surface area (Å²) in [5, 5.41) is 28.7. The number of carbonyl (C=O) groups excluding carboxylic acids is 1. The maximum absolute atomic E-state index is 12.4. The van der Waals surface area contributed by atoms with Gasteiger partial charge in [-0.25, -0.2) is 4.79 Å². The molecule has 0 unspecified atom stereocenters. The zero-order valence-electron chi connectivity index (χ0n) is 15.8. The van der Waals surface area contributed by atoms with Gasteiger partial charge in [-0.05, 0) is 69.3 Å². The fraction of sp³-hybridized carbons (Fsp3) is 0.529. The number of hydrogen-bond donors (Lipinski definition) is 3. The molecule has 138 valence electrons. The molecule has 1 amide bonds. The molecular formula is C17H26BNO6. The van der Waals surface area contributed by atoms with Crippen molar-refractivity contribution < 1.29 is 29.5 Å². The van der Waals surface area contributed by atoms with Crippen molar-refractivity contribution in [3.05, 3.63) is 22.3 Å². The number of hydrogen-bond acceptors (Lipinski definition) is 5. The van der Waals surface area contributed by atoms with E-state index in [1.165, 1.54) is 11.9 Å². The van der Waals surface area contributed by atoms with E-state index in [1.807, 2.05) is 0 Å². The Morgan fingerprint density at radius 2 is 1.60 bits per heavy atom. The van der Waals surface area contributed by atoms with Crippen LogP contribution in [0.1, 0.15) is 43.0 Å². The fourth-order valence-electron chi connectivity index (χ4n) is 3.01. The molecule has 0 saturated carbocycles.